The highest BCUT2D eigenvalue weighted by molar-refractivity contribution is 5.84. The first-order valence-corrected chi connectivity index (χ1v) is 11.2. The molecule has 0 radical (unpaired) electrons. The summed E-state index contributed by atoms with van der Waals surface area (Å²) < 4.78 is 10.5. The van der Waals surface area contributed by atoms with E-state index in [0.29, 0.717) is 0 Å². The van der Waals surface area contributed by atoms with Gasteiger partial charge in [-0.25, -0.2) is 9.59 Å². The van der Waals surface area contributed by atoms with Crippen molar-refractivity contribution in [2.75, 3.05) is 20.3 Å². The number of methoxy groups -OCH3 is 1. The minimum absolute atomic E-state index is 0.0695. The molecular weight excluding hydrogens is 436 g/mol. The molecule has 0 heterocycles. The summed E-state index contributed by atoms with van der Waals surface area (Å²) in [6.07, 6.45) is -0.720. The molecule has 0 spiro atoms. The summed E-state index contributed by atoms with van der Waals surface area (Å²) in [7, 11) is 1.36. The minimum atomic E-state index is -1.19. The zero-order valence-electron chi connectivity index (χ0n) is 20.0. The van der Waals surface area contributed by atoms with E-state index in [1.165, 1.54) is 7.11 Å². The first-order valence-electron chi connectivity index (χ1n) is 11.2. The number of aliphatic carboxylic acids is 1. The number of nitrogens with one attached hydrogen (secondary N) is 2. The van der Waals surface area contributed by atoms with Crippen LogP contribution >= 0.6 is 0 Å². The summed E-state index contributed by atoms with van der Waals surface area (Å²) in [6, 6.07) is 14.4. The van der Waals surface area contributed by atoms with Gasteiger partial charge in [-0.15, -0.1) is 0 Å². The van der Waals surface area contributed by atoms with E-state index in [-0.39, 0.29) is 25.6 Å². The maximum Gasteiger partial charge on any atom is 0.407 e. The van der Waals surface area contributed by atoms with Gasteiger partial charge in [-0.3, -0.25) is 4.79 Å². The van der Waals surface area contributed by atoms with Crippen molar-refractivity contribution in [3.63, 3.8) is 0 Å². The van der Waals surface area contributed by atoms with Gasteiger partial charge in [0.15, 0.2) is 6.04 Å². The second-order valence-corrected chi connectivity index (χ2v) is 9.51. The Morgan fingerprint density at radius 1 is 0.971 bits per heavy atom. The third kappa shape index (κ3) is 5.94. The Bertz CT molecular complexity index is 1000. The van der Waals surface area contributed by atoms with Crippen LogP contribution in [0, 0.1) is 5.41 Å². The SMILES string of the molecule is COCC(NC(=O)CC(NC(=O)OCC1c2ccccc2-c2ccccc21)C(C)(C)C)C(=O)O. The van der Waals surface area contributed by atoms with Gasteiger partial charge in [-0.05, 0) is 27.7 Å². The van der Waals surface area contributed by atoms with Crippen LogP contribution in [-0.4, -0.2) is 55.5 Å². The zero-order valence-corrected chi connectivity index (χ0v) is 20.0. The number of alkyl carbamates (subject to hydrolysis) is 1. The number of hydrogen-bond acceptors (Lipinski definition) is 5. The number of hydrogen-bond donors (Lipinski definition) is 3. The number of rotatable bonds is 9. The standard InChI is InChI=1S/C26H32N2O6/c1-26(2,3)22(13-23(29)27-21(15-33-4)24(30)31)28-25(32)34-14-20-18-11-7-5-9-16(18)17-10-6-8-12-19(17)20/h5-12,20-22H,13-15H2,1-4H3,(H,27,29)(H,28,32)(H,30,31). The van der Waals surface area contributed by atoms with Crippen LogP contribution in [0.2, 0.25) is 0 Å². The highest BCUT2D eigenvalue weighted by Crippen LogP contribution is 2.44. The summed E-state index contributed by atoms with van der Waals surface area (Å²) >= 11 is 0. The molecule has 2 atom stereocenters. The number of carbonyl (C=O) groups excluding carboxylic acids is 2. The van der Waals surface area contributed by atoms with Crippen molar-refractivity contribution in [1.29, 1.82) is 0 Å². The summed E-state index contributed by atoms with van der Waals surface area (Å²) in [6.45, 7) is 5.68. The zero-order chi connectivity index (χ0) is 24.9. The van der Waals surface area contributed by atoms with Crippen molar-refractivity contribution >= 4 is 18.0 Å². The molecule has 3 N–H and O–H groups in total. The molecule has 1 aliphatic carbocycles. The molecule has 2 amide bonds. The first-order chi connectivity index (χ1) is 16.1. The van der Waals surface area contributed by atoms with Crippen molar-refractivity contribution in [1.82, 2.24) is 10.6 Å². The van der Waals surface area contributed by atoms with Crippen LogP contribution in [0.15, 0.2) is 48.5 Å². The van der Waals surface area contributed by atoms with Gasteiger partial charge >= 0.3 is 12.1 Å². The molecule has 3 rings (SSSR count). The van der Waals surface area contributed by atoms with E-state index in [0.717, 1.165) is 22.3 Å². The highest BCUT2D eigenvalue weighted by atomic mass is 16.5. The molecule has 0 fully saturated rings. The van der Waals surface area contributed by atoms with Gasteiger partial charge in [0.05, 0.1) is 6.61 Å². The van der Waals surface area contributed by atoms with Crippen molar-refractivity contribution in [2.24, 2.45) is 5.41 Å². The Balaban J connectivity index is 1.64. The van der Waals surface area contributed by atoms with Crippen LogP contribution in [0.25, 0.3) is 11.1 Å². The third-order valence-electron chi connectivity index (χ3n) is 6.04. The second kappa shape index (κ2) is 10.7. The fourth-order valence-corrected chi connectivity index (χ4v) is 4.14. The van der Waals surface area contributed by atoms with E-state index >= 15 is 0 Å². The molecule has 0 aliphatic heterocycles. The fraction of sp³-hybridized carbons (Fsp3) is 0.423. The summed E-state index contributed by atoms with van der Waals surface area (Å²) in [5.41, 5.74) is 4.03. The quantitative estimate of drug-likeness (QED) is 0.519. The van der Waals surface area contributed by atoms with E-state index in [4.69, 9.17) is 9.47 Å². The van der Waals surface area contributed by atoms with Crippen LogP contribution in [0.4, 0.5) is 4.79 Å². The van der Waals surface area contributed by atoms with Gasteiger partial charge in [-0.1, -0.05) is 69.3 Å². The predicted molar refractivity (Wildman–Crippen MR) is 128 cm³/mol. The lowest BCUT2D eigenvalue weighted by Crippen LogP contribution is -2.50. The molecule has 2 unspecified atom stereocenters. The molecule has 8 heteroatoms. The number of fused-ring (bicyclic) bond motifs is 3. The highest BCUT2D eigenvalue weighted by Gasteiger charge is 2.32. The molecule has 0 bridgehead atoms. The molecule has 0 saturated heterocycles. The average Bonchev–Trinajstić information content (AvgIpc) is 3.10. The Morgan fingerprint density at radius 3 is 2.03 bits per heavy atom. The Kier molecular flexibility index (Phi) is 7.94. The third-order valence-corrected chi connectivity index (χ3v) is 6.04. The molecule has 0 saturated carbocycles. The second-order valence-electron chi connectivity index (χ2n) is 9.51. The van der Waals surface area contributed by atoms with Crippen molar-refractivity contribution in [3.05, 3.63) is 59.7 Å². The normalized spacial score (nSPS) is 14.5. The fourth-order valence-electron chi connectivity index (χ4n) is 4.14. The van der Waals surface area contributed by atoms with E-state index in [9.17, 15) is 19.5 Å². The van der Waals surface area contributed by atoms with E-state index in [2.05, 4.69) is 22.8 Å². The molecular formula is C26H32N2O6. The van der Waals surface area contributed by atoms with Gasteiger partial charge in [0.25, 0.3) is 0 Å². The number of carboxylic acid groups (broad SMARTS) is 1. The molecule has 34 heavy (non-hydrogen) atoms. The van der Waals surface area contributed by atoms with Crippen molar-refractivity contribution < 1.29 is 29.0 Å². The number of benzene rings is 2. The van der Waals surface area contributed by atoms with Gasteiger partial charge in [-0.2, -0.15) is 0 Å². The van der Waals surface area contributed by atoms with Crippen molar-refractivity contribution in [3.8, 4) is 11.1 Å². The minimum Gasteiger partial charge on any atom is -0.480 e. The van der Waals surface area contributed by atoms with E-state index < -0.39 is 35.5 Å². The molecule has 1 aliphatic rings. The van der Waals surface area contributed by atoms with Crippen LogP contribution < -0.4 is 10.6 Å². The average molecular weight is 469 g/mol. The lowest BCUT2D eigenvalue weighted by molar-refractivity contribution is -0.143. The summed E-state index contributed by atoms with van der Waals surface area (Å²) in [5, 5.41) is 14.5. The Hall–Kier alpha value is -3.39. The topological polar surface area (TPSA) is 114 Å². The number of carboxylic acids is 1. The molecule has 2 aromatic carbocycles. The lowest BCUT2D eigenvalue weighted by Gasteiger charge is -2.31. The molecule has 8 nitrogen and oxygen atoms in total. The number of ether oxygens (including phenoxy) is 2. The number of carbonyl (C=O) groups is 3. The van der Waals surface area contributed by atoms with Crippen LogP contribution in [-0.2, 0) is 19.1 Å². The summed E-state index contributed by atoms with van der Waals surface area (Å²) in [4.78, 5) is 36.5. The van der Waals surface area contributed by atoms with Crippen LogP contribution in [0.3, 0.4) is 0 Å². The largest absolute Gasteiger partial charge is 0.480 e. The van der Waals surface area contributed by atoms with Gasteiger partial charge in [0.1, 0.15) is 6.61 Å². The van der Waals surface area contributed by atoms with E-state index in [1.807, 2.05) is 57.2 Å². The lowest BCUT2D eigenvalue weighted by atomic mass is 9.84. The monoisotopic (exact) mass is 468 g/mol. The predicted octanol–water partition coefficient (Wildman–Crippen LogP) is 3.55. The number of amides is 2. The maximum absolute atomic E-state index is 12.7. The Labute approximate surface area is 199 Å². The van der Waals surface area contributed by atoms with Gasteiger partial charge in [0.2, 0.25) is 5.91 Å². The Morgan fingerprint density at radius 2 is 1.53 bits per heavy atom. The van der Waals surface area contributed by atoms with E-state index in [1.54, 1.807) is 0 Å². The van der Waals surface area contributed by atoms with Gasteiger partial charge < -0.3 is 25.2 Å². The van der Waals surface area contributed by atoms with Crippen LogP contribution in [0.5, 0.6) is 0 Å². The first kappa shape index (κ1) is 25.2. The molecule has 182 valence electrons. The van der Waals surface area contributed by atoms with Crippen LogP contribution in [0.1, 0.15) is 44.2 Å². The van der Waals surface area contributed by atoms with Gasteiger partial charge in [0, 0.05) is 25.5 Å². The van der Waals surface area contributed by atoms with Crippen molar-refractivity contribution in [2.45, 2.75) is 45.2 Å². The molecule has 2 aromatic rings. The smallest absolute Gasteiger partial charge is 0.407 e. The maximum atomic E-state index is 12.7. The molecule has 0 aromatic heterocycles. The summed E-state index contributed by atoms with van der Waals surface area (Å²) in [5.74, 6) is -1.75.